The average molecular weight is 690 g/mol. The number of nitrogens with zero attached hydrogens (tertiary/aromatic N) is 1. The smallest absolute Gasteiger partial charge is 0.0543 e. The number of para-hydroxylation sites is 1. The molecule has 1 aliphatic carbocycles. The molecule has 0 fully saturated rings. The van der Waals surface area contributed by atoms with Crippen LogP contribution in [-0.2, 0) is 5.41 Å². The Morgan fingerprint density at radius 1 is 0.352 bits per heavy atom. The molecule has 1 heteroatoms. The van der Waals surface area contributed by atoms with Gasteiger partial charge in [-0.3, -0.25) is 0 Å². The summed E-state index contributed by atoms with van der Waals surface area (Å²) in [7, 11) is 0. The highest BCUT2D eigenvalue weighted by molar-refractivity contribution is 6.10. The Morgan fingerprint density at radius 2 is 0.852 bits per heavy atom. The van der Waals surface area contributed by atoms with Crippen molar-refractivity contribution in [3.63, 3.8) is 0 Å². The molecule has 0 spiro atoms. The highest BCUT2D eigenvalue weighted by Crippen LogP contribution is 2.55. The van der Waals surface area contributed by atoms with Crippen LogP contribution in [0, 0.1) is 0 Å². The SMILES string of the molecule is CC1(C)c2cc(-c3ccc4ccccc4c3)ccc2-c2c1cc(N(c1ccccc1)c1ccc(-c3ccc(-c4ccccc4)cc3)cc1)c1ccccc21. The van der Waals surface area contributed by atoms with Crippen LogP contribution in [0.2, 0.25) is 0 Å². The number of rotatable bonds is 6. The molecule has 9 aromatic rings. The molecule has 0 saturated carbocycles. The second-order valence-corrected chi connectivity index (χ2v) is 15.0. The molecular weight excluding hydrogens is 651 g/mol. The third-order valence-electron chi connectivity index (χ3n) is 11.4. The molecule has 0 unspecified atom stereocenters. The fourth-order valence-corrected chi connectivity index (χ4v) is 8.59. The Hall–Kier alpha value is -6.70. The normalized spacial score (nSPS) is 12.8. The van der Waals surface area contributed by atoms with E-state index in [1.54, 1.807) is 0 Å². The minimum absolute atomic E-state index is 0.200. The molecule has 256 valence electrons. The van der Waals surface area contributed by atoms with E-state index in [2.05, 4.69) is 219 Å². The standard InChI is InChI=1S/C53H39N/c1-53(2)49-34-43(42-26-25-37-15-9-10-16-41(37)33-42)29-32-48(49)52-47-20-12-11-19-46(47)51(35-50(52)53)54(44-17-7-4-8-18-44)45-30-27-40(28-31-45)39-23-21-38(22-24-39)36-13-5-3-6-14-36/h3-35H,1-2H3. The minimum Gasteiger partial charge on any atom is -0.310 e. The summed E-state index contributed by atoms with van der Waals surface area (Å²) in [5.74, 6) is 0. The van der Waals surface area contributed by atoms with Crippen molar-refractivity contribution in [3.8, 4) is 44.5 Å². The van der Waals surface area contributed by atoms with E-state index in [0.717, 1.165) is 11.4 Å². The van der Waals surface area contributed by atoms with Crippen LogP contribution in [-0.4, -0.2) is 0 Å². The number of hydrogen-bond donors (Lipinski definition) is 0. The van der Waals surface area contributed by atoms with Gasteiger partial charge in [0.05, 0.1) is 5.69 Å². The summed E-state index contributed by atoms with van der Waals surface area (Å²) in [5.41, 5.74) is 16.0. The largest absolute Gasteiger partial charge is 0.310 e. The fraction of sp³-hybridized carbons (Fsp3) is 0.0566. The van der Waals surface area contributed by atoms with E-state index in [0.29, 0.717) is 0 Å². The van der Waals surface area contributed by atoms with Crippen molar-refractivity contribution in [2.45, 2.75) is 19.3 Å². The lowest BCUT2D eigenvalue weighted by Crippen LogP contribution is -2.17. The maximum atomic E-state index is 2.47. The molecule has 0 N–H and O–H groups in total. The third-order valence-corrected chi connectivity index (χ3v) is 11.4. The van der Waals surface area contributed by atoms with E-state index in [1.807, 2.05) is 0 Å². The van der Waals surface area contributed by atoms with Crippen molar-refractivity contribution >= 4 is 38.6 Å². The van der Waals surface area contributed by atoms with Crippen LogP contribution in [0.1, 0.15) is 25.0 Å². The molecule has 1 aliphatic rings. The summed E-state index contributed by atoms with van der Waals surface area (Å²) in [6.45, 7) is 4.79. The van der Waals surface area contributed by atoms with E-state index in [1.165, 1.54) is 82.9 Å². The molecule has 0 bridgehead atoms. The predicted octanol–water partition coefficient (Wildman–Crippen LogP) is 14.8. The Labute approximate surface area is 317 Å². The first kappa shape index (κ1) is 32.0. The number of anilines is 3. The molecule has 0 amide bonds. The van der Waals surface area contributed by atoms with Crippen molar-refractivity contribution in [3.05, 3.63) is 211 Å². The second-order valence-electron chi connectivity index (χ2n) is 15.0. The van der Waals surface area contributed by atoms with Gasteiger partial charge in [0.25, 0.3) is 0 Å². The Bertz CT molecular complexity index is 2810. The molecule has 0 atom stereocenters. The fourth-order valence-electron chi connectivity index (χ4n) is 8.59. The molecule has 0 heterocycles. The van der Waals surface area contributed by atoms with Gasteiger partial charge in [0.15, 0.2) is 0 Å². The van der Waals surface area contributed by atoms with Crippen LogP contribution in [0.25, 0.3) is 66.1 Å². The van der Waals surface area contributed by atoms with E-state index >= 15 is 0 Å². The van der Waals surface area contributed by atoms with Crippen LogP contribution in [0.15, 0.2) is 200 Å². The van der Waals surface area contributed by atoms with Crippen molar-refractivity contribution in [2.24, 2.45) is 0 Å². The van der Waals surface area contributed by atoms with Gasteiger partial charge in [-0.1, -0.05) is 172 Å². The summed E-state index contributed by atoms with van der Waals surface area (Å²) in [6.07, 6.45) is 0. The molecule has 54 heavy (non-hydrogen) atoms. The van der Waals surface area contributed by atoms with E-state index in [-0.39, 0.29) is 5.41 Å². The number of hydrogen-bond acceptors (Lipinski definition) is 1. The summed E-state index contributed by atoms with van der Waals surface area (Å²) in [5, 5.41) is 5.06. The Balaban J connectivity index is 1.08. The molecule has 9 aromatic carbocycles. The third kappa shape index (κ3) is 5.32. The van der Waals surface area contributed by atoms with Gasteiger partial charge >= 0.3 is 0 Å². The Morgan fingerprint density at radius 3 is 1.56 bits per heavy atom. The lowest BCUT2D eigenvalue weighted by atomic mass is 9.81. The highest BCUT2D eigenvalue weighted by atomic mass is 15.1. The zero-order chi connectivity index (χ0) is 36.2. The van der Waals surface area contributed by atoms with Crippen LogP contribution >= 0.6 is 0 Å². The lowest BCUT2D eigenvalue weighted by molar-refractivity contribution is 0.661. The first-order valence-corrected chi connectivity index (χ1v) is 18.8. The van der Waals surface area contributed by atoms with Crippen LogP contribution in [0.5, 0.6) is 0 Å². The zero-order valence-electron chi connectivity index (χ0n) is 30.5. The van der Waals surface area contributed by atoms with Gasteiger partial charge in [0.2, 0.25) is 0 Å². The van der Waals surface area contributed by atoms with Gasteiger partial charge < -0.3 is 4.90 Å². The molecule has 0 saturated heterocycles. The van der Waals surface area contributed by atoms with Crippen molar-refractivity contribution in [1.82, 2.24) is 0 Å². The van der Waals surface area contributed by atoms with E-state index in [4.69, 9.17) is 0 Å². The van der Waals surface area contributed by atoms with E-state index in [9.17, 15) is 0 Å². The topological polar surface area (TPSA) is 3.24 Å². The van der Waals surface area contributed by atoms with Gasteiger partial charge in [-0.2, -0.15) is 0 Å². The first-order valence-electron chi connectivity index (χ1n) is 18.8. The average Bonchev–Trinajstić information content (AvgIpc) is 3.47. The second kappa shape index (κ2) is 12.8. The molecule has 0 aliphatic heterocycles. The Kier molecular flexibility index (Phi) is 7.56. The summed E-state index contributed by atoms with van der Waals surface area (Å²) >= 11 is 0. The number of benzene rings is 9. The minimum atomic E-state index is -0.200. The molecule has 1 nitrogen and oxygen atoms in total. The maximum absolute atomic E-state index is 2.47. The maximum Gasteiger partial charge on any atom is 0.0543 e. The number of fused-ring (bicyclic) bond motifs is 6. The predicted molar refractivity (Wildman–Crippen MR) is 230 cm³/mol. The van der Waals surface area contributed by atoms with E-state index < -0.39 is 0 Å². The van der Waals surface area contributed by atoms with Crippen molar-refractivity contribution in [1.29, 1.82) is 0 Å². The monoisotopic (exact) mass is 689 g/mol. The van der Waals surface area contributed by atoms with Gasteiger partial charge in [-0.05, 0) is 114 Å². The van der Waals surface area contributed by atoms with Crippen molar-refractivity contribution < 1.29 is 0 Å². The molecule has 10 rings (SSSR count). The first-order chi connectivity index (χ1) is 26.5. The van der Waals surface area contributed by atoms with Gasteiger partial charge in [0.1, 0.15) is 0 Å². The van der Waals surface area contributed by atoms with Crippen LogP contribution < -0.4 is 4.90 Å². The molecule has 0 aromatic heterocycles. The summed E-state index contributed by atoms with van der Waals surface area (Å²) in [4.78, 5) is 2.43. The summed E-state index contributed by atoms with van der Waals surface area (Å²) < 4.78 is 0. The quantitative estimate of drug-likeness (QED) is 0.168. The van der Waals surface area contributed by atoms with Crippen LogP contribution in [0.4, 0.5) is 17.1 Å². The lowest BCUT2D eigenvalue weighted by Gasteiger charge is -2.30. The van der Waals surface area contributed by atoms with Gasteiger partial charge in [0, 0.05) is 22.2 Å². The molecule has 0 radical (unpaired) electrons. The highest BCUT2D eigenvalue weighted by Gasteiger charge is 2.38. The summed E-state index contributed by atoms with van der Waals surface area (Å²) in [6, 6.07) is 73.3. The zero-order valence-corrected chi connectivity index (χ0v) is 30.5. The van der Waals surface area contributed by atoms with Crippen LogP contribution in [0.3, 0.4) is 0 Å². The molecular formula is C53H39N. The van der Waals surface area contributed by atoms with Gasteiger partial charge in [-0.25, -0.2) is 0 Å². The van der Waals surface area contributed by atoms with Crippen molar-refractivity contribution in [2.75, 3.05) is 4.90 Å². The van der Waals surface area contributed by atoms with Gasteiger partial charge in [-0.15, -0.1) is 0 Å².